The number of benzene rings is 2. The second kappa shape index (κ2) is 7.56. The second-order valence-corrected chi connectivity index (χ2v) is 9.44. The highest BCUT2D eigenvalue weighted by atomic mass is 35.5. The highest BCUT2D eigenvalue weighted by molar-refractivity contribution is 7.93. The van der Waals surface area contributed by atoms with E-state index < -0.39 is 10.0 Å². The molecule has 1 N–H and O–H groups in total. The van der Waals surface area contributed by atoms with E-state index in [-0.39, 0.29) is 4.90 Å². The van der Waals surface area contributed by atoms with Gasteiger partial charge < -0.3 is 0 Å². The van der Waals surface area contributed by atoms with Gasteiger partial charge in [-0.05, 0) is 43.7 Å². The Morgan fingerprint density at radius 1 is 1.10 bits per heavy atom. The highest BCUT2D eigenvalue weighted by Gasteiger charge is 2.23. The maximum absolute atomic E-state index is 13.0. The van der Waals surface area contributed by atoms with E-state index in [2.05, 4.69) is 18.6 Å². The van der Waals surface area contributed by atoms with Crippen LogP contribution in [0, 0.1) is 13.8 Å². The van der Waals surface area contributed by atoms with Crippen LogP contribution in [0.15, 0.2) is 41.3 Å². The number of halogens is 2. The van der Waals surface area contributed by atoms with E-state index in [4.69, 9.17) is 23.2 Å². The first-order valence-corrected chi connectivity index (χ1v) is 11.5. The number of hydrogen-bond acceptors (Lipinski definition) is 6. The van der Waals surface area contributed by atoms with Crippen molar-refractivity contribution in [1.82, 2.24) is 18.5 Å². The normalized spacial score (nSPS) is 11.9. The van der Waals surface area contributed by atoms with Gasteiger partial charge in [-0.15, -0.1) is 0 Å². The van der Waals surface area contributed by atoms with Crippen LogP contribution in [-0.2, 0) is 16.6 Å². The van der Waals surface area contributed by atoms with Crippen molar-refractivity contribution < 1.29 is 8.42 Å². The molecule has 2 aromatic heterocycles. The third kappa shape index (κ3) is 3.83. The van der Waals surface area contributed by atoms with Gasteiger partial charge in [0.25, 0.3) is 10.0 Å². The average molecular weight is 468 g/mol. The van der Waals surface area contributed by atoms with Crippen LogP contribution < -0.4 is 4.72 Å². The Labute approximate surface area is 181 Å². The smallest absolute Gasteiger partial charge is 0.264 e. The topological polar surface area (TPSA) is 89.8 Å². The zero-order valence-electron chi connectivity index (χ0n) is 15.3. The van der Waals surface area contributed by atoms with Gasteiger partial charge >= 0.3 is 0 Å². The number of anilines is 1. The molecule has 0 saturated carbocycles. The minimum atomic E-state index is -3.86. The van der Waals surface area contributed by atoms with Gasteiger partial charge in [0.05, 0.1) is 45.4 Å². The first-order chi connectivity index (χ1) is 13.8. The first kappa shape index (κ1) is 20.1. The molecule has 4 aromatic rings. The summed E-state index contributed by atoms with van der Waals surface area (Å²) in [6, 6.07) is 10.2. The fraction of sp³-hybridized carbons (Fsp3) is 0.167. The predicted molar refractivity (Wildman–Crippen MR) is 115 cm³/mol. The van der Waals surface area contributed by atoms with Crippen LogP contribution in [0.3, 0.4) is 0 Å². The molecule has 0 unspecified atom stereocenters. The van der Waals surface area contributed by atoms with Gasteiger partial charge in [0.1, 0.15) is 15.9 Å². The lowest BCUT2D eigenvalue weighted by atomic mass is 10.2. The molecule has 4 rings (SSSR count). The van der Waals surface area contributed by atoms with E-state index in [0.717, 1.165) is 17.3 Å². The maximum atomic E-state index is 13.0. The summed E-state index contributed by atoms with van der Waals surface area (Å²) in [5, 5.41) is 5.41. The van der Waals surface area contributed by atoms with Gasteiger partial charge in [-0.2, -0.15) is 13.8 Å². The fourth-order valence-corrected chi connectivity index (χ4v) is 5.26. The lowest BCUT2D eigenvalue weighted by molar-refractivity contribution is 0.602. The van der Waals surface area contributed by atoms with Crippen LogP contribution in [-0.4, -0.2) is 26.9 Å². The summed E-state index contributed by atoms with van der Waals surface area (Å²) in [4.78, 5) is 0.0831. The molecule has 0 atom stereocenters. The Bertz CT molecular complexity index is 1330. The first-order valence-electron chi connectivity index (χ1n) is 8.48. The van der Waals surface area contributed by atoms with Gasteiger partial charge in [-0.3, -0.25) is 9.40 Å². The minimum Gasteiger partial charge on any atom is -0.276 e. The van der Waals surface area contributed by atoms with E-state index in [1.165, 1.54) is 6.07 Å². The van der Waals surface area contributed by atoms with Crippen LogP contribution in [0.2, 0.25) is 10.0 Å². The van der Waals surface area contributed by atoms with Crippen LogP contribution in [0.1, 0.15) is 17.0 Å². The van der Waals surface area contributed by atoms with Crippen molar-refractivity contribution in [3.8, 4) is 0 Å². The number of aryl methyl sites for hydroxylation is 1. The number of aromatic nitrogens is 4. The number of fused-ring (bicyclic) bond motifs is 1. The molecule has 0 radical (unpaired) electrons. The zero-order valence-corrected chi connectivity index (χ0v) is 18.5. The molecular weight excluding hydrogens is 453 g/mol. The van der Waals surface area contributed by atoms with Crippen molar-refractivity contribution in [2.24, 2.45) is 0 Å². The average Bonchev–Trinajstić information content (AvgIpc) is 3.25. The van der Waals surface area contributed by atoms with Crippen molar-refractivity contribution in [3.05, 3.63) is 63.4 Å². The van der Waals surface area contributed by atoms with Crippen molar-refractivity contribution in [2.75, 3.05) is 4.72 Å². The second-order valence-electron chi connectivity index (χ2n) is 6.45. The van der Waals surface area contributed by atoms with E-state index >= 15 is 0 Å². The van der Waals surface area contributed by atoms with Crippen LogP contribution in [0.4, 0.5) is 5.69 Å². The van der Waals surface area contributed by atoms with Crippen LogP contribution in [0.5, 0.6) is 0 Å². The fourth-order valence-electron chi connectivity index (χ4n) is 3.00. The summed E-state index contributed by atoms with van der Waals surface area (Å²) in [5.41, 5.74) is 3.48. The molecule has 0 amide bonds. The minimum absolute atomic E-state index is 0.0831. The van der Waals surface area contributed by atoms with Crippen LogP contribution in [0.25, 0.3) is 11.0 Å². The van der Waals surface area contributed by atoms with E-state index in [1.807, 2.05) is 6.07 Å². The van der Waals surface area contributed by atoms with Crippen molar-refractivity contribution in [1.29, 1.82) is 0 Å². The molecule has 0 aliphatic heterocycles. The van der Waals surface area contributed by atoms with Crippen molar-refractivity contribution in [3.63, 3.8) is 0 Å². The zero-order chi connectivity index (χ0) is 20.8. The van der Waals surface area contributed by atoms with E-state index in [9.17, 15) is 8.42 Å². The molecule has 0 spiro atoms. The van der Waals surface area contributed by atoms with Crippen molar-refractivity contribution in [2.45, 2.75) is 25.3 Å². The number of nitrogens with one attached hydrogen (secondary N) is 1. The van der Waals surface area contributed by atoms with Gasteiger partial charge in [0.2, 0.25) is 0 Å². The molecular formula is C18H15Cl2N5O2S2. The van der Waals surface area contributed by atoms with E-state index in [1.54, 1.807) is 42.8 Å². The Morgan fingerprint density at radius 3 is 2.66 bits per heavy atom. The summed E-state index contributed by atoms with van der Waals surface area (Å²) in [5.74, 6) is 0. The Morgan fingerprint density at radius 2 is 1.90 bits per heavy atom. The third-order valence-corrected chi connectivity index (χ3v) is 7.14. The standard InChI is InChI=1S/C18H15Cl2N5O2S2/c1-10-17(11(2)25(21-10)9-12-6-7-13(19)14(20)8-12)24-29(26,27)16-5-3-4-15-18(16)23-28-22-15/h3-8,24H,9H2,1-2H3. The molecule has 11 heteroatoms. The Balaban J connectivity index is 1.67. The lowest BCUT2D eigenvalue weighted by Gasteiger charge is -2.10. The maximum Gasteiger partial charge on any atom is 0.264 e. The summed E-state index contributed by atoms with van der Waals surface area (Å²) in [7, 11) is -3.86. The molecule has 0 saturated heterocycles. The molecule has 2 aromatic carbocycles. The van der Waals surface area contributed by atoms with Gasteiger partial charge in [0, 0.05) is 0 Å². The lowest BCUT2D eigenvalue weighted by Crippen LogP contribution is -2.15. The summed E-state index contributed by atoms with van der Waals surface area (Å²) >= 11 is 13.0. The van der Waals surface area contributed by atoms with Crippen LogP contribution >= 0.6 is 34.9 Å². The monoisotopic (exact) mass is 467 g/mol. The van der Waals surface area contributed by atoms with Gasteiger partial charge in [-0.25, -0.2) is 8.42 Å². The Kier molecular flexibility index (Phi) is 5.24. The summed E-state index contributed by atoms with van der Waals surface area (Å²) < 4.78 is 38.6. The SMILES string of the molecule is Cc1nn(Cc2ccc(Cl)c(Cl)c2)c(C)c1NS(=O)(=O)c1cccc2nsnc12. The number of rotatable bonds is 5. The quantitative estimate of drug-likeness (QED) is 0.460. The number of nitrogens with zero attached hydrogens (tertiary/aromatic N) is 4. The molecule has 7 nitrogen and oxygen atoms in total. The largest absolute Gasteiger partial charge is 0.276 e. The highest BCUT2D eigenvalue weighted by Crippen LogP contribution is 2.28. The van der Waals surface area contributed by atoms with Crippen molar-refractivity contribution >= 4 is 61.7 Å². The molecule has 29 heavy (non-hydrogen) atoms. The molecule has 0 bridgehead atoms. The molecule has 0 fully saturated rings. The summed E-state index contributed by atoms with van der Waals surface area (Å²) in [6.45, 7) is 3.98. The molecule has 0 aliphatic carbocycles. The number of sulfonamides is 1. The third-order valence-electron chi connectivity index (χ3n) is 4.47. The number of hydrogen-bond donors (Lipinski definition) is 1. The Hall–Kier alpha value is -2.20. The predicted octanol–water partition coefficient (Wildman–Crippen LogP) is 4.66. The summed E-state index contributed by atoms with van der Waals surface area (Å²) in [6.07, 6.45) is 0. The van der Waals surface area contributed by atoms with Gasteiger partial charge in [0.15, 0.2) is 0 Å². The molecule has 0 aliphatic rings. The van der Waals surface area contributed by atoms with E-state index in [0.29, 0.717) is 44.7 Å². The van der Waals surface area contributed by atoms with Gasteiger partial charge in [-0.1, -0.05) is 35.3 Å². The molecule has 150 valence electrons. The molecule has 2 heterocycles.